The summed E-state index contributed by atoms with van der Waals surface area (Å²) in [5.41, 5.74) is 0.734. The first-order valence-corrected chi connectivity index (χ1v) is 10.5. The number of nitrogens with zero attached hydrogens (tertiary/aromatic N) is 5. The number of alkyl halides is 3. The van der Waals surface area contributed by atoms with Crippen LogP contribution in [0.2, 0.25) is 0 Å². The van der Waals surface area contributed by atoms with E-state index < -0.39 is 11.7 Å². The van der Waals surface area contributed by atoms with E-state index in [9.17, 15) is 18.0 Å². The van der Waals surface area contributed by atoms with Crippen LogP contribution >= 0.6 is 0 Å². The van der Waals surface area contributed by atoms with Gasteiger partial charge in [0, 0.05) is 44.2 Å². The first-order valence-electron chi connectivity index (χ1n) is 10.5. The van der Waals surface area contributed by atoms with E-state index in [0.717, 1.165) is 42.6 Å². The van der Waals surface area contributed by atoms with Gasteiger partial charge in [-0.3, -0.25) is 4.79 Å². The zero-order valence-electron chi connectivity index (χ0n) is 18.4. The third-order valence-electron chi connectivity index (χ3n) is 5.33. The Kier molecular flexibility index (Phi) is 7.42. The Hall–Kier alpha value is -3.04. The fraction of sp³-hybridized carbons (Fsp3) is 0.500. The van der Waals surface area contributed by atoms with Crippen LogP contribution in [0.3, 0.4) is 0 Å². The fourth-order valence-corrected chi connectivity index (χ4v) is 3.58. The molecule has 1 amide bonds. The average molecular weight is 448 g/mol. The average Bonchev–Trinajstić information content (AvgIpc) is 2.77. The van der Waals surface area contributed by atoms with Crippen molar-refractivity contribution in [3.05, 3.63) is 41.3 Å². The third kappa shape index (κ3) is 6.02. The van der Waals surface area contributed by atoms with Gasteiger partial charge in [0.2, 0.25) is 11.9 Å². The van der Waals surface area contributed by atoms with Crippen LogP contribution in [0.5, 0.6) is 0 Å². The van der Waals surface area contributed by atoms with Crippen molar-refractivity contribution in [2.45, 2.75) is 51.1 Å². The van der Waals surface area contributed by atoms with Crippen LogP contribution in [0.25, 0.3) is 0 Å². The standard InChI is InChI=1S/C22H27F3N6O/c1-14(2)17-12-18(15-5-4-10-31(13-15)20(32)7-8-26-3)29-21(28-17)30-19-11-16(6-9-27-19)22(23,24)25/h6,8-9,11-12,14-15H,4-5,7,10,13H2,1-3H3,(H,27,28,29,30)/b26-8-. The second kappa shape index (κ2) is 10.1. The van der Waals surface area contributed by atoms with Gasteiger partial charge in [-0.1, -0.05) is 13.8 Å². The number of hydrogen-bond donors (Lipinski definition) is 1. The molecule has 1 saturated heterocycles. The number of aliphatic imine (C=N–C) groups is 1. The Labute approximate surface area is 185 Å². The lowest BCUT2D eigenvalue weighted by molar-refractivity contribution is -0.137. The molecule has 0 aromatic carbocycles. The minimum absolute atomic E-state index is 0.0155. The molecule has 0 bridgehead atoms. The van der Waals surface area contributed by atoms with Crippen molar-refractivity contribution in [2.75, 3.05) is 25.5 Å². The lowest BCUT2D eigenvalue weighted by Crippen LogP contribution is -2.39. The summed E-state index contributed by atoms with van der Waals surface area (Å²) in [7, 11) is 1.63. The maximum absolute atomic E-state index is 13.0. The molecule has 32 heavy (non-hydrogen) atoms. The molecule has 3 rings (SSSR count). The molecule has 0 saturated carbocycles. The summed E-state index contributed by atoms with van der Waals surface area (Å²) >= 11 is 0. The number of rotatable bonds is 6. The van der Waals surface area contributed by atoms with Gasteiger partial charge in [-0.25, -0.2) is 15.0 Å². The minimum Gasteiger partial charge on any atom is -0.342 e. The normalized spacial score (nSPS) is 17.2. The molecule has 10 heteroatoms. The van der Waals surface area contributed by atoms with Gasteiger partial charge >= 0.3 is 6.18 Å². The molecule has 2 aromatic rings. The molecular formula is C22H27F3N6O. The number of halogens is 3. The number of likely N-dealkylation sites (tertiary alicyclic amines) is 1. The molecule has 172 valence electrons. The SMILES string of the molecule is C/N=C\CC(=O)N1CCCC(c2cc(C(C)C)nc(Nc3cc(C(F)(F)F)ccn3)n2)C1. The van der Waals surface area contributed by atoms with Crippen molar-refractivity contribution in [1.82, 2.24) is 19.9 Å². The van der Waals surface area contributed by atoms with Crippen molar-refractivity contribution in [3.63, 3.8) is 0 Å². The molecule has 1 aliphatic rings. The van der Waals surface area contributed by atoms with Gasteiger partial charge in [0.05, 0.1) is 17.7 Å². The van der Waals surface area contributed by atoms with E-state index in [2.05, 4.69) is 25.3 Å². The van der Waals surface area contributed by atoms with Crippen LogP contribution in [0, 0.1) is 0 Å². The predicted molar refractivity (Wildman–Crippen MR) is 116 cm³/mol. The Balaban J connectivity index is 1.86. The van der Waals surface area contributed by atoms with Crippen molar-refractivity contribution < 1.29 is 18.0 Å². The predicted octanol–water partition coefficient (Wildman–Crippen LogP) is 4.55. The van der Waals surface area contributed by atoms with E-state index in [4.69, 9.17) is 0 Å². The first kappa shape index (κ1) is 23.6. The molecule has 3 heterocycles. The van der Waals surface area contributed by atoms with Crippen molar-refractivity contribution in [2.24, 2.45) is 4.99 Å². The second-order valence-corrected chi connectivity index (χ2v) is 8.07. The van der Waals surface area contributed by atoms with Gasteiger partial charge in [-0.2, -0.15) is 13.2 Å². The number of amides is 1. The number of pyridine rings is 1. The lowest BCUT2D eigenvalue weighted by atomic mass is 9.93. The number of anilines is 2. The number of nitrogens with one attached hydrogen (secondary N) is 1. The van der Waals surface area contributed by atoms with E-state index in [1.54, 1.807) is 13.3 Å². The number of hydrogen-bond acceptors (Lipinski definition) is 6. The Morgan fingerprint density at radius 3 is 2.81 bits per heavy atom. The fourth-order valence-electron chi connectivity index (χ4n) is 3.58. The van der Waals surface area contributed by atoms with Crippen LogP contribution in [0.1, 0.15) is 61.9 Å². The molecule has 1 N–H and O–H groups in total. The van der Waals surface area contributed by atoms with E-state index >= 15 is 0 Å². The third-order valence-corrected chi connectivity index (χ3v) is 5.33. The summed E-state index contributed by atoms with van der Waals surface area (Å²) in [5, 5.41) is 2.82. The smallest absolute Gasteiger partial charge is 0.342 e. The van der Waals surface area contributed by atoms with Crippen molar-refractivity contribution in [3.8, 4) is 0 Å². The maximum Gasteiger partial charge on any atom is 0.416 e. The highest BCUT2D eigenvalue weighted by atomic mass is 19.4. The van der Waals surface area contributed by atoms with Crippen LogP contribution < -0.4 is 5.32 Å². The summed E-state index contributed by atoms with van der Waals surface area (Å²) in [6.07, 6.45) is 0.199. The summed E-state index contributed by atoms with van der Waals surface area (Å²) in [6.45, 7) is 5.19. The monoisotopic (exact) mass is 448 g/mol. The van der Waals surface area contributed by atoms with Crippen LogP contribution in [0.4, 0.5) is 24.9 Å². The topological polar surface area (TPSA) is 83.4 Å². The van der Waals surface area contributed by atoms with Gasteiger partial charge in [0.15, 0.2) is 0 Å². The zero-order chi connectivity index (χ0) is 23.3. The first-order chi connectivity index (χ1) is 15.2. The molecule has 2 aromatic heterocycles. The van der Waals surface area contributed by atoms with E-state index in [-0.39, 0.29) is 35.9 Å². The second-order valence-electron chi connectivity index (χ2n) is 8.07. The number of carbonyl (C=O) groups excluding carboxylic acids is 1. The van der Waals surface area contributed by atoms with Crippen LogP contribution in [0.15, 0.2) is 29.4 Å². The Bertz CT molecular complexity index is 976. The van der Waals surface area contributed by atoms with Gasteiger partial charge in [0.25, 0.3) is 0 Å². The Morgan fingerprint density at radius 2 is 2.12 bits per heavy atom. The molecule has 1 atom stereocenters. The highest BCUT2D eigenvalue weighted by molar-refractivity contribution is 5.89. The van der Waals surface area contributed by atoms with Crippen molar-refractivity contribution >= 4 is 23.9 Å². The maximum atomic E-state index is 13.0. The number of aromatic nitrogens is 3. The Morgan fingerprint density at radius 1 is 1.34 bits per heavy atom. The summed E-state index contributed by atoms with van der Waals surface area (Å²) < 4.78 is 39.1. The van der Waals surface area contributed by atoms with Gasteiger partial charge < -0.3 is 15.2 Å². The molecule has 0 aliphatic carbocycles. The zero-order valence-corrected chi connectivity index (χ0v) is 18.4. The summed E-state index contributed by atoms with van der Waals surface area (Å²) in [5.74, 6) is 0.339. The molecule has 0 radical (unpaired) electrons. The summed E-state index contributed by atoms with van der Waals surface area (Å²) in [6, 6.07) is 3.77. The number of carbonyl (C=O) groups is 1. The molecule has 7 nitrogen and oxygen atoms in total. The minimum atomic E-state index is -4.47. The molecule has 0 spiro atoms. The molecule has 1 fully saturated rings. The van der Waals surface area contributed by atoms with Crippen LogP contribution in [-0.2, 0) is 11.0 Å². The van der Waals surface area contributed by atoms with Crippen LogP contribution in [-0.4, -0.2) is 52.1 Å². The largest absolute Gasteiger partial charge is 0.416 e. The van der Waals surface area contributed by atoms with Crippen molar-refractivity contribution in [1.29, 1.82) is 0 Å². The highest BCUT2D eigenvalue weighted by Crippen LogP contribution is 2.31. The van der Waals surface area contributed by atoms with E-state index in [0.29, 0.717) is 13.1 Å². The highest BCUT2D eigenvalue weighted by Gasteiger charge is 2.31. The molecule has 1 aliphatic heterocycles. The van der Waals surface area contributed by atoms with Gasteiger partial charge in [-0.15, -0.1) is 0 Å². The van der Waals surface area contributed by atoms with E-state index in [1.165, 1.54) is 0 Å². The van der Waals surface area contributed by atoms with Gasteiger partial charge in [-0.05, 0) is 37.0 Å². The molecule has 1 unspecified atom stereocenters. The summed E-state index contributed by atoms with van der Waals surface area (Å²) in [4.78, 5) is 31.1. The number of piperidine rings is 1. The lowest BCUT2D eigenvalue weighted by Gasteiger charge is -2.32. The van der Waals surface area contributed by atoms with Gasteiger partial charge in [0.1, 0.15) is 5.82 Å². The van der Waals surface area contributed by atoms with E-state index in [1.807, 2.05) is 24.8 Å². The quantitative estimate of drug-likeness (QED) is 0.656. The molecular weight excluding hydrogens is 421 g/mol.